The van der Waals surface area contributed by atoms with Crippen LogP contribution < -0.4 is 5.32 Å². The monoisotopic (exact) mass is 253 g/mol. The number of aliphatic hydroxyl groups excluding tert-OH is 2. The van der Waals surface area contributed by atoms with Crippen LogP contribution in [0.25, 0.3) is 0 Å². The predicted molar refractivity (Wildman–Crippen MR) is 67.1 cm³/mol. The maximum Gasteiger partial charge on any atom is 0.216 e. The quantitative estimate of drug-likeness (QED) is 0.619. The molecule has 0 radical (unpaired) electrons. The summed E-state index contributed by atoms with van der Waals surface area (Å²) in [5, 5.41) is 31.9. The molecule has 0 bridgehead atoms. The Morgan fingerprint density at radius 2 is 2.06 bits per heavy atom. The highest BCUT2D eigenvalue weighted by molar-refractivity contribution is 5.72. The first-order chi connectivity index (χ1) is 8.41. The molecule has 0 saturated heterocycles. The summed E-state index contributed by atoms with van der Waals surface area (Å²) in [6.45, 7) is 3.49. The summed E-state index contributed by atoms with van der Waals surface area (Å²) in [6.07, 6.45) is -1.99. The average molecular weight is 253 g/mol. The minimum atomic E-state index is -1.17. The van der Waals surface area contributed by atoms with Crippen LogP contribution in [0.1, 0.15) is 30.6 Å². The third-order valence-electron chi connectivity index (χ3n) is 2.68. The Bertz CT molecular complexity index is 419. The van der Waals surface area contributed by atoms with Crippen LogP contribution in [0.3, 0.4) is 0 Å². The molecule has 100 valence electrons. The molecule has 1 rings (SSSR count). The molecule has 0 aliphatic heterocycles. The lowest BCUT2D eigenvalue weighted by Crippen LogP contribution is -2.27. The molecular weight excluding hydrogens is 234 g/mol. The van der Waals surface area contributed by atoms with Gasteiger partial charge in [0.1, 0.15) is 11.9 Å². The number of hydrogen-bond donors (Lipinski definition) is 4. The van der Waals surface area contributed by atoms with Crippen LogP contribution in [0.4, 0.5) is 0 Å². The highest BCUT2D eigenvalue weighted by Gasteiger charge is 2.21. The molecule has 0 fully saturated rings. The van der Waals surface area contributed by atoms with E-state index in [4.69, 9.17) is 0 Å². The Kier molecular flexibility index (Phi) is 5.12. The second kappa shape index (κ2) is 6.37. The fraction of sp³-hybridized carbons (Fsp3) is 0.462. The molecule has 5 nitrogen and oxygen atoms in total. The number of carbonyl (C=O) groups is 1. The summed E-state index contributed by atoms with van der Waals surface area (Å²) < 4.78 is 0. The summed E-state index contributed by atoms with van der Waals surface area (Å²) in [6, 6.07) is 4.82. The van der Waals surface area contributed by atoms with E-state index in [-0.39, 0.29) is 24.6 Å². The molecule has 0 heterocycles. The van der Waals surface area contributed by atoms with Crippen molar-refractivity contribution in [3.05, 3.63) is 29.3 Å². The van der Waals surface area contributed by atoms with Crippen LogP contribution in [0.15, 0.2) is 18.2 Å². The number of phenols is 1. The number of nitrogens with one attached hydrogen (secondary N) is 1. The second-order valence-electron chi connectivity index (χ2n) is 4.35. The van der Waals surface area contributed by atoms with Gasteiger partial charge in [0.2, 0.25) is 5.91 Å². The van der Waals surface area contributed by atoms with Crippen molar-refractivity contribution in [3.8, 4) is 5.75 Å². The van der Waals surface area contributed by atoms with Crippen LogP contribution in [0.2, 0.25) is 0 Å². The topological polar surface area (TPSA) is 89.8 Å². The van der Waals surface area contributed by atoms with Crippen molar-refractivity contribution >= 4 is 5.91 Å². The van der Waals surface area contributed by atoms with Gasteiger partial charge in [-0.15, -0.1) is 0 Å². The Balaban J connectivity index is 2.64. The van der Waals surface area contributed by atoms with Crippen LogP contribution in [0.5, 0.6) is 5.75 Å². The van der Waals surface area contributed by atoms with Gasteiger partial charge in [0.15, 0.2) is 0 Å². The number of amides is 1. The lowest BCUT2D eigenvalue weighted by Gasteiger charge is -2.19. The summed E-state index contributed by atoms with van der Waals surface area (Å²) in [5.41, 5.74) is 1.18. The largest absolute Gasteiger partial charge is 0.508 e. The van der Waals surface area contributed by atoms with E-state index in [0.717, 1.165) is 5.56 Å². The highest BCUT2D eigenvalue weighted by Crippen LogP contribution is 2.28. The fourth-order valence-electron chi connectivity index (χ4n) is 1.67. The predicted octanol–water partition coefficient (Wildman–Crippen LogP) is 0.621. The Labute approximate surface area is 106 Å². The third kappa shape index (κ3) is 4.01. The van der Waals surface area contributed by atoms with E-state index in [2.05, 4.69) is 5.32 Å². The minimum Gasteiger partial charge on any atom is -0.508 e. The van der Waals surface area contributed by atoms with E-state index in [1.165, 1.54) is 13.0 Å². The third-order valence-corrected chi connectivity index (χ3v) is 2.68. The molecule has 1 aromatic rings. The number of hydrogen-bond acceptors (Lipinski definition) is 4. The average Bonchev–Trinajstić information content (AvgIpc) is 2.30. The first kappa shape index (κ1) is 14.5. The molecule has 0 aromatic heterocycles. The van der Waals surface area contributed by atoms with Crippen LogP contribution >= 0.6 is 0 Å². The van der Waals surface area contributed by atoms with Crippen LogP contribution in [-0.4, -0.2) is 33.9 Å². The molecule has 2 unspecified atom stereocenters. The highest BCUT2D eigenvalue weighted by atomic mass is 16.3. The number of aliphatic hydroxyl groups is 2. The number of carbonyl (C=O) groups excluding carboxylic acids is 1. The van der Waals surface area contributed by atoms with Crippen molar-refractivity contribution in [1.29, 1.82) is 0 Å². The Morgan fingerprint density at radius 3 is 2.67 bits per heavy atom. The van der Waals surface area contributed by atoms with Gasteiger partial charge in [-0.1, -0.05) is 11.6 Å². The van der Waals surface area contributed by atoms with E-state index in [1.807, 2.05) is 6.92 Å². The summed E-state index contributed by atoms with van der Waals surface area (Å²) in [7, 11) is 0. The van der Waals surface area contributed by atoms with Crippen molar-refractivity contribution < 1.29 is 20.1 Å². The van der Waals surface area contributed by atoms with Gasteiger partial charge >= 0.3 is 0 Å². The SMILES string of the molecule is CC(=O)NCCC(O)C(O)c1cc(C)ccc1O. The zero-order valence-electron chi connectivity index (χ0n) is 10.6. The van der Waals surface area contributed by atoms with E-state index in [0.29, 0.717) is 5.56 Å². The smallest absolute Gasteiger partial charge is 0.216 e. The standard InChI is InChI=1S/C13H19NO4/c1-8-3-4-11(16)10(7-8)13(18)12(17)5-6-14-9(2)15/h3-4,7,12-13,16-18H,5-6H2,1-2H3,(H,14,15). The van der Waals surface area contributed by atoms with E-state index in [1.54, 1.807) is 12.1 Å². The molecule has 1 amide bonds. The zero-order chi connectivity index (χ0) is 13.7. The Morgan fingerprint density at radius 1 is 1.39 bits per heavy atom. The van der Waals surface area contributed by atoms with Crippen molar-refractivity contribution in [3.63, 3.8) is 0 Å². The van der Waals surface area contributed by atoms with Gasteiger partial charge in [0.25, 0.3) is 0 Å². The van der Waals surface area contributed by atoms with E-state index >= 15 is 0 Å². The molecule has 0 aliphatic carbocycles. The summed E-state index contributed by atoms with van der Waals surface area (Å²) in [5.74, 6) is -0.234. The molecule has 5 heteroatoms. The summed E-state index contributed by atoms with van der Waals surface area (Å²) in [4.78, 5) is 10.7. The maximum atomic E-state index is 10.7. The van der Waals surface area contributed by atoms with Crippen molar-refractivity contribution in [2.24, 2.45) is 0 Å². The molecule has 0 spiro atoms. The molecule has 0 saturated carbocycles. The van der Waals surface area contributed by atoms with Gasteiger partial charge in [-0.25, -0.2) is 0 Å². The van der Waals surface area contributed by atoms with E-state index < -0.39 is 12.2 Å². The minimum absolute atomic E-state index is 0.0494. The van der Waals surface area contributed by atoms with Crippen molar-refractivity contribution in [1.82, 2.24) is 5.32 Å². The van der Waals surface area contributed by atoms with Crippen LogP contribution in [0, 0.1) is 6.92 Å². The lowest BCUT2D eigenvalue weighted by atomic mass is 9.99. The number of aryl methyl sites for hydroxylation is 1. The molecule has 0 aliphatic rings. The number of aromatic hydroxyl groups is 1. The molecule has 18 heavy (non-hydrogen) atoms. The van der Waals surface area contributed by atoms with Gasteiger partial charge in [-0.05, 0) is 25.5 Å². The lowest BCUT2D eigenvalue weighted by molar-refractivity contribution is -0.119. The molecular formula is C13H19NO4. The second-order valence-corrected chi connectivity index (χ2v) is 4.35. The van der Waals surface area contributed by atoms with Gasteiger partial charge in [-0.3, -0.25) is 4.79 Å². The van der Waals surface area contributed by atoms with Gasteiger partial charge in [0.05, 0.1) is 6.10 Å². The van der Waals surface area contributed by atoms with Crippen molar-refractivity contribution in [2.75, 3.05) is 6.54 Å². The van der Waals surface area contributed by atoms with Crippen LogP contribution in [-0.2, 0) is 4.79 Å². The first-order valence-electron chi connectivity index (χ1n) is 5.82. The molecule has 1 aromatic carbocycles. The van der Waals surface area contributed by atoms with Gasteiger partial charge < -0.3 is 20.6 Å². The van der Waals surface area contributed by atoms with Gasteiger partial charge in [0, 0.05) is 19.0 Å². The summed E-state index contributed by atoms with van der Waals surface area (Å²) >= 11 is 0. The number of benzene rings is 1. The van der Waals surface area contributed by atoms with Crippen molar-refractivity contribution in [2.45, 2.75) is 32.5 Å². The fourth-order valence-corrected chi connectivity index (χ4v) is 1.67. The zero-order valence-corrected chi connectivity index (χ0v) is 10.6. The first-order valence-corrected chi connectivity index (χ1v) is 5.82. The van der Waals surface area contributed by atoms with Gasteiger partial charge in [-0.2, -0.15) is 0 Å². The normalized spacial score (nSPS) is 14.0. The maximum absolute atomic E-state index is 10.7. The Hall–Kier alpha value is -1.59. The number of phenolic OH excluding ortho intramolecular Hbond substituents is 1. The molecule has 4 N–H and O–H groups in total. The molecule has 2 atom stereocenters. The van der Waals surface area contributed by atoms with E-state index in [9.17, 15) is 20.1 Å². The number of rotatable bonds is 5.